The first-order chi connectivity index (χ1) is 12.3. The molecule has 136 valence electrons. The summed E-state index contributed by atoms with van der Waals surface area (Å²) in [6.45, 7) is 6.96. The molecular formula is C19H20N2O4S. The molecule has 7 heteroatoms. The molecular weight excluding hydrogens is 352 g/mol. The van der Waals surface area contributed by atoms with E-state index in [1.165, 1.54) is 17.4 Å². The van der Waals surface area contributed by atoms with Gasteiger partial charge in [-0.1, -0.05) is 6.58 Å². The predicted molar refractivity (Wildman–Crippen MR) is 101 cm³/mol. The third-order valence-corrected chi connectivity index (χ3v) is 5.21. The van der Waals surface area contributed by atoms with E-state index < -0.39 is 17.7 Å². The van der Waals surface area contributed by atoms with Crippen molar-refractivity contribution in [1.82, 2.24) is 5.32 Å². The highest BCUT2D eigenvalue weighted by Gasteiger charge is 2.44. The number of anilines is 1. The second-order valence-electron chi connectivity index (χ2n) is 6.52. The Morgan fingerprint density at radius 2 is 1.96 bits per heavy atom. The zero-order valence-corrected chi connectivity index (χ0v) is 15.3. The topological polar surface area (TPSA) is 87.7 Å². The number of aliphatic hydroxyl groups is 1. The van der Waals surface area contributed by atoms with Crippen LogP contribution in [0, 0.1) is 0 Å². The average Bonchev–Trinajstić information content (AvgIpc) is 3.06. The van der Waals surface area contributed by atoms with Crippen LogP contribution in [-0.4, -0.2) is 28.6 Å². The molecule has 1 aromatic carbocycles. The molecule has 1 aromatic heterocycles. The molecule has 3 N–H and O–H groups in total. The van der Waals surface area contributed by atoms with E-state index in [1.807, 2.05) is 11.4 Å². The first-order valence-electron chi connectivity index (χ1n) is 8.10. The highest BCUT2D eigenvalue weighted by molar-refractivity contribution is 7.10. The van der Waals surface area contributed by atoms with Crippen LogP contribution >= 0.6 is 11.3 Å². The van der Waals surface area contributed by atoms with Gasteiger partial charge in [0.15, 0.2) is 0 Å². The molecule has 0 unspecified atom stereocenters. The van der Waals surface area contributed by atoms with E-state index in [0.717, 1.165) is 4.88 Å². The summed E-state index contributed by atoms with van der Waals surface area (Å²) in [6, 6.07) is 7.78. The molecule has 0 saturated carbocycles. The van der Waals surface area contributed by atoms with Gasteiger partial charge in [0.1, 0.15) is 17.5 Å². The van der Waals surface area contributed by atoms with E-state index in [2.05, 4.69) is 17.2 Å². The summed E-state index contributed by atoms with van der Waals surface area (Å²) in [5, 5.41) is 18.0. The molecule has 0 fully saturated rings. The highest BCUT2D eigenvalue weighted by atomic mass is 32.1. The zero-order valence-electron chi connectivity index (χ0n) is 14.5. The van der Waals surface area contributed by atoms with Crippen LogP contribution in [0.2, 0.25) is 0 Å². The summed E-state index contributed by atoms with van der Waals surface area (Å²) in [7, 11) is 0. The summed E-state index contributed by atoms with van der Waals surface area (Å²) >= 11 is 1.43. The van der Waals surface area contributed by atoms with E-state index in [1.54, 1.807) is 38.1 Å². The van der Waals surface area contributed by atoms with Gasteiger partial charge in [0.25, 0.3) is 5.91 Å². The standard InChI is InChI=1S/C19H20N2O4S/c1-4-14(22)20-12-7-5-11(6-8-12)18(24)21-15-16-13(9-10-26-16)25-19(2,3)17(15)23/h4-10,15,17,23H,1H2,2-3H3,(H,20,22)(H,21,24)/t15-,17+/m1/s1. The van der Waals surface area contributed by atoms with Gasteiger partial charge in [-0.15, -0.1) is 11.3 Å². The van der Waals surface area contributed by atoms with E-state index in [4.69, 9.17) is 4.74 Å². The fourth-order valence-electron chi connectivity index (χ4n) is 2.78. The number of rotatable bonds is 4. The molecule has 2 heterocycles. The van der Waals surface area contributed by atoms with Crippen LogP contribution in [0.15, 0.2) is 48.4 Å². The minimum absolute atomic E-state index is 0.312. The van der Waals surface area contributed by atoms with E-state index in [-0.39, 0.29) is 11.8 Å². The molecule has 0 radical (unpaired) electrons. The van der Waals surface area contributed by atoms with Crippen molar-refractivity contribution >= 4 is 28.8 Å². The molecule has 0 spiro atoms. The van der Waals surface area contributed by atoms with Crippen molar-refractivity contribution < 1.29 is 19.4 Å². The Morgan fingerprint density at radius 1 is 1.27 bits per heavy atom. The monoisotopic (exact) mass is 372 g/mol. The molecule has 3 rings (SSSR count). The van der Waals surface area contributed by atoms with Gasteiger partial charge in [-0.05, 0) is 55.6 Å². The van der Waals surface area contributed by atoms with Gasteiger partial charge in [-0.3, -0.25) is 9.59 Å². The Balaban J connectivity index is 1.77. The third kappa shape index (κ3) is 3.49. The van der Waals surface area contributed by atoms with Crippen LogP contribution in [0.4, 0.5) is 5.69 Å². The Kier molecular flexibility index (Phi) is 4.84. The molecule has 1 aliphatic heterocycles. The predicted octanol–water partition coefficient (Wildman–Crippen LogP) is 2.88. The lowest BCUT2D eigenvalue weighted by atomic mass is 9.90. The smallest absolute Gasteiger partial charge is 0.251 e. The highest BCUT2D eigenvalue weighted by Crippen LogP contribution is 2.42. The molecule has 1 aliphatic rings. The van der Waals surface area contributed by atoms with E-state index >= 15 is 0 Å². The van der Waals surface area contributed by atoms with Crippen LogP contribution in [-0.2, 0) is 4.79 Å². The second kappa shape index (κ2) is 6.93. The van der Waals surface area contributed by atoms with Gasteiger partial charge >= 0.3 is 0 Å². The maximum Gasteiger partial charge on any atom is 0.251 e. The SMILES string of the molecule is C=CC(=O)Nc1ccc(C(=O)N[C@@H]2c3sccc3OC(C)(C)[C@H]2O)cc1. The number of aliphatic hydroxyl groups excluding tert-OH is 1. The van der Waals surface area contributed by atoms with Crippen molar-refractivity contribution in [1.29, 1.82) is 0 Å². The van der Waals surface area contributed by atoms with E-state index in [9.17, 15) is 14.7 Å². The molecule has 0 bridgehead atoms. The maximum atomic E-state index is 12.6. The number of amides is 2. The fraction of sp³-hybridized carbons (Fsp3) is 0.263. The van der Waals surface area contributed by atoms with Crippen molar-refractivity contribution in [3.63, 3.8) is 0 Å². The number of nitrogens with one attached hydrogen (secondary N) is 2. The lowest BCUT2D eigenvalue weighted by molar-refractivity contribution is -0.111. The van der Waals surface area contributed by atoms with Gasteiger partial charge < -0.3 is 20.5 Å². The summed E-state index contributed by atoms with van der Waals surface area (Å²) in [5.74, 6) is 0.0470. The van der Waals surface area contributed by atoms with Gasteiger partial charge in [0, 0.05) is 11.3 Å². The Labute approximate surface area is 155 Å². The van der Waals surface area contributed by atoms with Gasteiger partial charge in [0.2, 0.25) is 5.91 Å². The molecule has 6 nitrogen and oxygen atoms in total. The molecule has 0 aliphatic carbocycles. The van der Waals surface area contributed by atoms with E-state index in [0.29, 0.717) is 17.0 Å². The number of hydrogen-bond acceptors (Lipinski definition) is 5. The van der Waals surface area contributed by atoms with Crippen LogP contribution < -0.4 is 15.4 Å². The zero-order chi connectivity index (χ0) is 18.9. The average molecular weight is 372 g/mol. The lowest BCUT2D eigenvalue weighted by Gasteiger charge is -2.40. The molecule has 2 amide bonds. The number of fused-ring (bicyclic) bond motifs is 1. The van der Waals surface area contributed by atoms with Crippen molar-refractivity contribution in [3.8, 4) is 5.75 Å². The number of carbonyl (C=O) groups is 2. The number of hydrogen-bond donors (Lipinski definition) is 3. The minimum Gasteiger partial charge on any atom is -0.484 e. The summed E-state index contributed by atoms with van der Waals surface area (Å²) in [6.07, 6.45) is 0.289. The van der Waals surface area contributed by atoms with Crippen molar-refractivity contribution in [2.24, 2.45) is 0 Å². The van der Waals surface area contributed by atoms with Gasteiger partial charge in [-0.25, -0.2) is 0 Å². The second-order valence-corrected chi connectivity index (χ2v) is 7.47. The van der Waals surface area contributed by atoms with Gasteiger partial charge in [0.05, 0.1) is 10.9 Å². The van der Waals surface area contributed by atoms with Crippen LogP contribution in [0.25, 0.3) is 0 Å². The molecule has 26 heavy (non-hydrogen) atoms. The van der Waals surface area contributed by atoms with Crippen LogP contribution in [0.3, 0.4) is 0 Å². The normalized spacial score (nSPS) is 20.4. The van der Waals surface area contributed by atoms with Crippen LogP contribution in [0.1, 0.15) is 35.1 Å². The summed E-state index contributed by atoms with van der Waals surface area (Å²) in [4.78, 5) is 24.7. The summed E-state index contributed by atoms with van der Waals surface area (Å²) < 4.78 is 5.81. The Hall–Kier alpha value is -2.64. The first kappa shape index (κ1) is 18.2. The Morgan fingerprint density at radius 3 is 2.62 bits per heavy atom. The fourth-order valence-corrected chi connectivity index (χ4v) is 3.67. The third-order valence-electron chi connectivity index (χ3n) is 4.23. The maximum absolute atomic E-state index is 12.6. The van der Waals surface area contributed by atoms with Crippen molar-refractivity contribution in [2.75, 3.05) is 5.32 Å². The van der Waals surface area contributed by atoms with Gasteiger partial charge in [-0.2, -0.15) is 0 Å². The molecule has 0 saturated heterocycles. The molecule has 2 aromatic rings. The molecule has 2 atom stereocenters. The number of carbonyl (C=O) groups excluding carboxylic acids is 2. The largest absolute Gasteiger partial charge is 0.484 e. The number of thiophene rings is 1. The first-order valence-corrected chi connectivity index (χ1v) is 8.98. The van der Waals surface area contributed by atoms with Crippen LogP contribution in [0.5, 0.6) is 5.75 Å². The van der Waals surface area contributed by atoms with Crippen molar-refractivity contribution in [3.05, 3.63) is 58.8 Å². The lowest BCUT2D eigenvalue weighted by Crippen LogP contribution is -2.53. The Bertz CT molecular complexity index is 841. The number of ether oxygens (including phenoxy) is 1. The number of benzene rings is 1. The quantitative estimate of drug-likeness (QED) is 0.720. The summed E-state index contributed by atoms with van der Waals surface area (Å²) in [5.41, 5.74) is 0.181. The minimum atomic E-state index is -0.885. The van der Waals surface area contributed by atoms with Crippen molar-refractivity contribution in [2.45, 2.75) is 31.6 Å².